The Hall–Kier alpha value is -3.10. The number of benzene rings is 2. The molecule has 0 radical (unpaired) electrons. The second kappa shape index (κ2) is 8.10. The molecule has 0 aliphatic carbocycles. The van der Waals surface area contributed by atoms with Crippen LogP contribution in [0.3, 0.4) is 0 Å². The lowest BCUT2D eigenvalue weighted by Crippen LogP contribution is -2.23. The van der Waals surface area contributed by atoms with Gasteiger partial charge in [0.1, 0.15) is 0 Å². The molecule has 1 N–H and O–H groups in total. The van der Waals surface area contributed by atoms with Gasteiger partial charge >= 0.3 is 0 Å². The number of hydrogen-bond acceptors (Lipinski definition) is 1. The number of allylic oxidation sites excluding steroid dienone is 3. The van der Waals surface area contributed by atoms with Crippen LogP contribution in [0.4, 0.5) is 0 Å². The van der Waals surface area contributed by atoms with E-state index < -0.39 is 0 Å². The summed E-state index contributed by atoms with van der Waals surface area (Å²) in [6.45, 7) is 10.3. The molecule has 0 saturated carbocycles. The lowest BCUT2D eigenvalue weighted by molar-refractivity contribution is 1.53. The van der Waals surface area contributed by atoms with Crippen LogP contribution in [0.15, 0.2) is 67.3 Å². The minimum absolute atomic E-state index is 1.17. The van der Waals surface area contributed by atoms with Crippen LogP contribution < -0.4 is 9.75 Å². The Balaban J connectivity index is 2.10. The molecule has 0 fully saturated rings. The fourth-order valence-electron chi connectivity index (χ4n) is 3.93. The van der Waals surface area contributed by atoms with E-state index in [-0.39, 0.29) is 0 Å². The SMILES string of the molecule is C=Cc1c(/C=C\C)sc(=C(/C=C\C)c2ccc3[nH]c4ccccc4c3c2)/c1=C\C. The summed E-state index contributed by atoms with van der Waals surface area (Å²) >= 11 is 1.83. The fourth-order valence-corrected chi connectivity index (χ4v) is 5.29. The van der Waals surface area contributed by atoms with Crippen molar-refractivity contribution in [3.63, 3.8) is 0 Å². The molecular formula is C27H25NS. The minimum atomic E-state index is 1.17. The smallest absolute Gasteiger partial charge is 0.0465 e. The van der Waals surface area contributed by atoms with E-state index in [9.17, 15) is 0 Å². The standard InChI is InChI=1S/C27H25NS/c1-5-11-21(27-20(8-4)19(7-3)26(29-27)12-6-2)18-15-16-25-23(17-18)22-13-9-10-14-24(22)28-25/h5-17,28H,3H2,1-2,4H3/b11-5-,12-6-,20-8-,27-21-. The average molecular weight is 396 g/mol. The highest BCUT2D eigenvalue weighted by atomic mass is 32.1. The molecule has 0 saturated heterocycles. The summed E-state index contributed by atoms with van der Waals surface area (Å²) in [6.07, 6.45) is 12.8. The Bertz CT molecular complexity index is 1390. The topological polar surface area (TPSA) is 15.8 Å². The van der Waals surface area contributed by atoms with Crippen LogP contribution in [0.25, 0.3) is 45.6 Å². The van der Waals surface area contributed by atoms with Gasteiger partial charge in [-0.1, -0.05) is 61.2 Å². The number of fused-ring (bicyclic) bond motifs is 3. The number of nitrogens with one attached hydrogen (secondary N) is 1. The highest BCUT2D eigenvalue weighted by molar-refractivity contribution is 7.11. The summed E-state index contributed by atoms with van der Waals surface area (Å²) < 4.78 is 1.28. The van der Waals surface area contributed by atoms with E-state index in [0.717, 1.165) is 0 Å². The normalized spacial score (nSPS) is 14.0. The average Bonchev–Trinajstić information content (AvgIpc) is 3.29. The van der Waals surface area contributed by atoms with Gasteiger partial charge in [0.2, 0.25) is 0 Å². The van der Waals surface area contributed by atoms with Crippen molar-refractivity contribution in [1.82, 2.24) is 4.98 Å². The van der Waals surface area contributed by atoms with E-state index >= 15 is 0 Å². The molecule has 2 heterocycles. The molecule has 144 valence electrons. The fraction of sp³-hybridized carbons (Fsp3) is 0.111. The monoisotopic (exact) mass is 395 g/mol. The Kier molecular flexibility index (Phi) is 5.37. The molecule has 0 aliphatic rings. The first kappa shape index (κ1) is 19.2. The van der Waals surface area contributed by atoms with E-state index in [1.54, 1.807) is 0 Å². The summed E-state index contributed by atoms with van der Waals surface area (Å²) in [5.41, 5.74) is 6.03. The number of aromatic amines is 1. The molecule has 0 aliphatic heterocycles. The van der Waals surface area contributed by atoms with Gasteiger partial charge in [-0.2, -0.15) is 0 Å². The molecule has 4 rings (SSSR count). The molecule has 4 aromatic rings. The van der Waals surface area contributed by atoms with Gasteiger partial charge < -0.3 is 4.98 Å². The number of thiophene rings is 1. The van der Waals surface area contributed by atoms with Gasteiger partial charge in [-0.3, -0.25) is 0 Å². The molecule has 29 heavy (non-hydrogen) atoms. The molecule has 1 nitrogen and oxygen atoms in total. The molecule has 0 spiro atoms. The van der Waals surface area contributed by atoms with Crippen LogP contribution in [0.5, 0.6) is 0 Å². The quantitative estimate of drug-likeness (QED) is 0.399. The van der Waals surface area contributed by atoms with Gasteiger partial charge in [-0.25, -0.2) is 0 Å². The van der Waals surface area contributed by atoms with Crippen LogP contribution in [0.1, 0.15) is 36.8 Å². The maximum absolute atomic E-state index is 4.06. The molecule has 2 aromatic carbocycles. The van der Waals surface area contributed by atoms with Gasteiger partial charge in [0.15, 0.2) is 0 Å². The highest BCUT2D eigenvalue weighted by Gasteiger charge is 2.10. The number of aromatic nitrogens is 1. The van der Waals surface area contributed by atoms with Crippen molar-refractivity contribution in [2.75, 3.05) is 0 Å². The molecule has 0 unspecified atom stereocenters. The molecule has 2 heteroatoms. The first-order valence-corrected chi connectivity index (χ1v) is 10.8. The zero-order valence-corrected chi connectivity index (χ0v) is 17.9. The van der Waals surface area contributed by atoms with Crippen molar-refractivity contribution in [2.24, 2.45) is 0 Å². The second-order valence-electron chi connectivity index (χ2n) is 6.96. The highest BCUT2D eigenvalue weighted by Crippen LogP contribution is 2.28. The van der Waals surface area contributed by atoms with Crippen molar-refractivity contribution in [1.29, 1.82) is 0 Å². The lowest BCUT2D eigenvalue weighted by atomic mass is 10.0. The van der Waals surface area contributed by atoms with Crippen molar-refractivity contribution < 1.29 is 0 Å². The number of hydrogen-bond donors (Lipinski definition) is 1. The van der Waals surface area contributed by atoms with E-state index in [4.69, 9.17) is 0 Å². The molecule has 2 aromatic heterocycles. The maximum atomic E-state index is 4.06. The van der Waals surface area contributed by atoms with Crippen LogP contribution in [0.2, 0.25) is 0 Å². The van der Waals surface area contributed by atoms with Crippen LogP contribution >= 0.6 is 11.3 Å². The second-order valence-corrected chi connectivity index (χ2v) is 8.01. The Morgan fingerprint density at radius 1 is 0.966 bits per heavy atom. The number of rotatable bonds is 4. The Morgan fingerprint density at radius 2 is 1.76 bits per heavy atom. The van der Waals surface area contributed by atoms with E-state index in [2.05, 4.69) is 105 Å². The molecular weight excluding hydrogens is 370 g/mol. The maximum Gasteiger partial charge on any atom is 0.0465 e. The zero-order chi connectivity index (χ0) is 20.4. The van der Waals surface area contributed by atoms with E-state index in [1.165, 1.54) is 53.1 Å². The zero-order valence-electron chi connectivity index (χ0n) is 17.1. The molecule has 0 bridgehead atoms. The third-order valence-electron chi connectivity index (χ3n) is 5.22. The third-order valence-corrected chi connectivity index (χ3v) is 6.44. The summed E-state index contributed by atoms with van der Waals surface area (Å²) in [5, 5.41) is 3.78. The first-order chi connectivity index (χ1) is 14.2. The van der Waals surface area contributed by atoms with Crippen molar-refractivity contribution in [3.8, 4) is 0 Å². The summed E-state index contributed by atoms with van der Waals surface area (Å²) in [7, 11) is 0. The van der Waals surface area contributed by atoms with Gasteiger partial charge in [0.05, 0.1) is 0 Å². The van der Waals surface area contributed by atoms with Crippen LogP contribution in [-0.2, 0) is 0 Å². The van der Waals surface area contributed by atoms with Crippen LogP contribution in [0, 0.1) is 0 Å². The predicted molar refractivity (Wildman–Crippen MR) is 132 cm³/mol. The number of H-pyrrole nitrogens is 1. The molecule has 0 atom stereocenters. The van der Waals surface area contributed by atoms with Gasteiger partial charge in [-0.15, -0.1) is 11.3 Å². The van der Waals surface area contributed by atoms with Crippen molar-refractivity contribution in [2.45, 2.75) is 20.8 Å². The van der Waals surface area contributed by atoms with Gasteiger partial charge in [-0.05, 0) is 67.0 Å². The number of para-hydroxylation sites is 1. The van der Waals surface area contributed by atoms with Gasteiger partial charge in [0.25, 0.3) is 0 Å². The largest absolute Gasteiger partial charge is 0.355 e. The predicted octanol–water partition coefficient (Wildman–Crippen LogP) is 6.63. The Labute approximate surface area is 175 Å². The van der Waals surface area contributed by atoms with Crippen LogP contribution in [-0.4, -0.2) is 4.98 Å². The summed E-state index contributed by atoms with van der Waals surface area (Å²) in [5.74, 6) is 0. The third kappa shape index (κ3) is 3.30. The molecule has 0 amide bonds. The van der Waals surface area contributed by atoms with E-state index in [1.807, 2.05) is 17.4 Å². The van der Waals surface area contributed by atoms with Gasteiger partial charge in [0, 0.05) is 31.2 Å². The summed E-state index contributed by atoms with van der Waals surface area (Å²) in [4.78, 5) is 4.78. The van der Waals surface area contributed by atoms with E-state index in [0.29, 0.717) is 0 Å². The first-order valence-electron chi connectivity index (χ1n) is 9.94. The minimum Gasteiger partial charge on any atom is -0.355 e. The van der Waals surface area contributed by atoms with Crippen molar-refractivity contribution in [3.05, 3.63) is 93.0 Å². The Morgan fingerprint density at radius 3 is 2.48 bits per heavy atom. The summed E-state index contributed by atoms with van der Waals surface area (Å²) in [6, 6.07) is 15.2. The lowest BCUT2D eigenvalue weighted by Gasteiger charge is -2.03. The van der Waals surface area contributed by atoms with Crippen molar-refractivity contribution >= 4 is 56.9 Å².